The van der Waals surface area contributed by atoms with Crippen molar-refractivity contribution in [3.63, 3.8) is 0 Å². The third kappa shape index (κ3) is 4.24. The van der Waals surface area contributed by atoms with Gasteiger partial charge in [0.25, 0.3) is 5.91 Å². The standard InChI is InChI=1S/C23H20F2N4O3S/c24-12-5-7-14(15(25)9-12)17-11-29-10-13(6-8-19(29)27-17)26-22(32)20(30)21(31)23-28-16-3-1-2-4-18(16)33-23/h1-5,7,9,11,13,20-21,30-31H,6,8,10H2,(H,26,32). The largest absolute Gasteiger partial charge is 0.383 e. The molecule has 3 heterocycles. The van der Waals surface area contributed by atoms with Gasteiger partial charge in [0.1, 0.15) is 28.6 Å². The van der Waals surface area contributed by atoms with Gasteiger partial charge in [-0.3, -0.25) is 4.79 Å². The summed E-state index contributed by atoms with van der Waals surface area (Å²) in [6, 6.07) is 10.4. The molecule has 5 rings (SSSR count). The predicted molar refractivity (Wildman–Crippen MR) is 118 cm³/mol. The highest BCUT2D eigenvalue weighted by molar-refractivity contribution is 7.18. The molecule has 10 heteroatoms. The Hall–Kier alpha value is -3.21. The number of nitrogens with zero attached hydrogens (tertiary/aromatic N) is 3. The van der Waals surface area contributed by atoms with Crippen molar-refractivity contribution in [1.82, 2.24) is 19.9 Å². The maximum Gasteiger partial charge on any atom is 0.252 e. The molecule has 0 aliphatic carbocycles. The summed E-state index contributed by atoms with van der Waals surface area (Å²) in [5.41, 5.74) is 1.28. The number of aliphatic hydroxyl groups is 2. The van der Waals surface area contributed by atoms with Crippen LogP contribution in [-0.2, 0) is 17.8 Å². The second kappa shape index (κ2) is 8.62. The van der Waals surface area contributed by atoms with E-state index >= 15 is 0 Å². The van der Waals surface area contributed by atoms with E-state index in [1.165, 1.54) is 23.5 Å². The lowest BCUT2D eigenvalue weighted by molar-refractivity contribution is -0.136. The van der Waals surface area contributed by atoms with Gasteiger partial charge < -0.3 is 20.1 Å². The van der Waals surface area contributed by atoms with Crippen molar-refractivity contribution in [2.75, 3.05) is 0 Å². The first-order valence-corrected chi connectivity index (χ1v) is 11.2. The number of carbonyl (C=O) groups is 1. The summed E-state index contributed by atoms with van der Waals surface area (Å²) in [5, 5.41) is 23.9. The Morgan fingerprint density at radius 1 is 1.18 bits per heavy atom. The number of carbonyl (C=O) groups excluding carboxylic acids is 1. The zero-order valence-electron chi connectivity index (χ0n) is 17.3. The first kappa shape index (κ1) is 21.6. The lowest BCUT2D eigenvalue weighted by Crippen LogP contribution is -2.47. The van der Waals surface area contributed by atoms with Gasteiger partial charge in [-0.1, -0.05) is 12.1 Å². The van der Waals surface area contributed by atoms with Crippen molar-refractivity contribution in [1.29, 1.82) is 0 Å². The number of fused-ring (bicyclic) bond motifs is 2. The first-order valence-electron chi connectivity index (χ1n) is 10.4. The summed E-state index contributed by atoms with van der Waals surface area (Å²) in [5.74, 6) is -1.31. The minimum Gasteiger partial charge on any atom is -0.383 e. The number of nitrogens with one attached hydrogen (secondary N) is 1. The summed E-state index contributed by atoms with van der Waals surface area (Å²) < 4.78 is 30.0. The SMILES string of the molecule is O=C(NC1CCc2nc(-c3ccc(F)cc3F)cn2C1)C(O)C(O)c1nc2ccccc2s1. The van der Waals surface area contributed by atoms with Crippen molar-refractivity contribution in [3.8, 4) is 11.3 Å². The Morgan fingerprint density at radius 2 is 2.00 bits per heavy atom. The molecule has 33 heavy (non-hydrogen) atoms. The van der Waals surface area contributed by atoms with E-state index in [-0.39, 0.29) is 16.6 Å². The van der Waals surface area contributed by atoms with E-state index in [0.717, 1.165) is 16.6 Å². The molecule has 1 aliphatic rings. The topological polar surface area (TPSA) is 100 Å². The number of aryl methyl sites for hydroxylation is 1. The normalized spacial score (nSPS) is 17.5. The van der Waals surface area contributed by atoms with Crippen LogP contribution in [0.25, 0.3) is 21.5 Å². The fourth-order valence-corrected chi connectivity index (χ4v) is 4.95. The third-order valence-corrected chi connectivity index (χ3v) is 6.78. The molecule has 0 saturated heterocycles. The maximum absolute atomic E-state index is 14.1. The summed E-state index contributed by atoms with van der Waals surface area (Å²) >= 11 is 1.22. The molecule has 3 N–H and O–H groups in total. The number of thiazole rings is 1. The summed E-state index contributed by atoms with van der Waals surface area (Å²) in [6.45, 7) is 0.376. The average Bonchev–Trinajstić information content (AvgIpc) is 3.41. The molecule has 7 nitrogen and oxygen atoms in total. The van der Waals surface area contributed by atoms with E-state index in [9.17, 15) is 23.8 Å². The second-order valence-corrected chi connectivity index (χ2v) is 9.03. The Bertz CT molecular complexity index is 1310. The van der Waals surface area contributed by atoms with Gasteiger partial charge in [0.2, 0.25) is 0 Å². The van der Waals surface area contributed by atoms with Gasteiger partial charge in [-0.25, -0.2) is 18.7 Å². The fourth-order valence-electron chi connectivity index (χ4n) is 3.97. The fraction of sp³-hybridized carbons (Fsp3) is 0.261. The highest BCUT2D eigenvalue weighted by Gasteiger charge is 2.31. The quantitative estimate of drug-likeness (QED) is 0.417. The highest BCUT2D eigenvalue weighted by atomic mass is 32.1. The lowest BCUT2D eigenvalue weighted by atomic mass is 10.1. The van der Waals surface area contributed by atoms with E-state index in [0.29, 0.717) is 30.6 Å². The van der Waals surface area contributed by atoms with E-state index in [4.69, 9.17) is 0 Å². The van der Waals surface area contributed by atoms with Crippen LogP contribution in [0.4, 0.5) is 8.78 Å². The molecule has 4 aromatic rings. The van der Waals surface area contributed by atoms with Crippen molar-refractivity contribution in [2.45, 2.75) is 37.6 Å². The van der Waals surface area contributed by atoms with Gasteiger partial charge >= 0.3 is 0 Å². The van der Waals surface area contributed by atoms with Crippen molar-refractivity contribution < 1.29 is 23.8 Å². The molecular formula is C23H20F2N4O3S. The Balaban J connectivity index is 1.26. The number of halogens is 2. The molecule has 2 aromatic carbocycles. The Kier molecular flexibility index (Phi) is 5.65. The minimum absolute atomic E-state index is 0.202. The number of aromatic nitrogens is 3. The average molecular weight is 471 g/mol. The molecule has 3 atom stereocenters. The second-order valence-electron chi connectivity index (χ2n) is 7.97. The number of imidazole rings is 1. The molecule has 0 radical (unpaired) electrons. The van der Waals surface area contributed by atoms with Gasteiger partial charge in [0.15, 0.2) is 6.10 Å². The summed E-state index contributed by atoms with van der Waals surface area (Å²) in [6.07, 6.45) is -0.347. The monoisotopic (exact) mass is 470 g/mol. The van der Waals surface area contributed by atoms with Crippen LogP contribution in [0.5, 0.6) is 0 Å². The Labute approximate surface area is 191 Å². The zero-order valence-corrected chi connectivity index (χ0v) is 18.1. The zero-order chi connectivity index (χ0) is 23.1. The molecule has 3 unspecified atom stereocenters. The van der Waals surface area contributed by atoms with Crippen molar-refractivity contribution in [2.24, 2.45) is 0 Å². The van der Waals surface area contributed by atoms with Crippen LogP contribution in [0.15, 0.2) is 48.7 Å². The number of aliphatic hydroxyl groups excluding tert-OH is 2. The van der Waals surface area contributed by atoms with Gasteiger partial charge in [-0.05, 0) is 30.7 Å². The minimum atomic E-state index is -1.67. The van der Waals surface area contributed by atoms with Crippen LogP contribution in [-0.4, -0.2) is 42.8 Å². The molecular weight excluding hydrogens is 450 g/mol. The molecule has 0 fully saturated rings. The number of rotatable bonds is 5. The van der Waals surface area contributed by atoms with Gasteiger partial charge in [0.05, 0.1) is 15.9 Å². The van der Waals surface area contributed by atoms with E-state index in [1.54, 1.807) is 12.3 Å². The highest BCUT2D eigenvalue weighted by Crippen LogP contribution is 2.29. The van der Waals surface area contributed by atoms with Gasteiger partial charge in [-0.15, -0.1) is 11.3 Å². The molecule has 1 amide bonds. The van der Waals surface area contributed by atoms with Crippen LogP contribution in [0, 0.1) is 11.6 Å². The van der Waals surface area contributed by atoms with Gasteiger partial charge in [-0.2, -0.15) is 0 Å². The molecule has 1 aliphatic heterocycles. The van der Waals surface area contributed by atoms with Gasteiger partial charge in [0, 0.05) is 36.8 Å². The number of para-hydroxylation sites is 1. The van der Waals surface area contributed by atoms with Crippen LogP contribution in [0.3, 0.4) is 0 Å². The summed E-state index contributed by atoms with van der Waals surface area (Å²) in [7, 11) is 0. The molecule has 0 saturated carbocycles. The van der Waals surface area contributed by atoms with Crippen LogP contribution in [0.1, 0.15) is 23.4 Å². The molecule has 170 valence electrons. The van der Waals surface area contributed by atoms with E-state index in [1.807, 2.05) is 22.8 Å². The molecule has 0 bridgehead atoms. The Morgan fingerprint density at radius 3 is 2.79 bits per heavy atom. The number of hydrogen-bond donors (Lipinski definition) is 3. The predicted octanol–water partition coefficient (Wildman–Crippen LogP) is 2.96. The molecule has 2 aromatic heterocycles. The smallest absolute Gasteiger partial charge is 0.252 e. The molecule has 0 spiro atoms. The van der Waals surface area contributed by atoms with Crippen LogP contribution in [0.2, 0.25) is 0 Å². The number of amides is 1. The number of hydrogen-bond acceptors (Lipinski definition) is 6. The van der Waals surface area contributed by atoms with Crippen molar-refractivity contribution in [3.05, 3.63) is 71.1 Å². The lowest BCUT2D eigenvalue weighted by Gasteiger charge is -2.26. The number of benzene rings is 2. The van der Waals surface area contributed by atoms with Crippen LogP contribution >= 0.6 is 11.3 Å². The van der Waals surface area contributed by atoms with E-state index in [2.05, 4.69) is 15.3 Å². The van der Waals surface area contributed by atoms with E-state index < -0.39 is 29.7 Å². The first-order chi connectivity index (χ1) is 15.9. The van der Waals surface area contributed by atoms with Crippen LogP contribution < -0.4 is 5.32 Å². The van der Waals surface area contributed by atoms with Crippen molar-refractivity contribution >= 4 is 27.5 Å². The third-order valence-electron chi connectivity index (χ3n) is 5.68. The summed E-state index contributed by atoms with van der Waals surface area (Å²) in [4.78, 5) is 21.3. The maximum atomic E-state index is 14.1.